The lowest BCUT2D eigenvalue weighted by Gasteiger charge is -2.13. The van der Waals surface area contributed by atoms with Crippen LogP contribution in [0, 0.1) is 6.92 Å². The summed E-state index contributed by atoms with van der Waals surface area (Å²) in [5.41, 5.74) is 3.47. The largest absolute Gasteiger partial charge is 0.291 e. The van der Waals surface area contributed by atoms with Crippen molar-refractivity contribution >= 4 is 22.4 Å². The molecule has 0 spiro atoms. The van der Waals surface area contributed by atoms with E-state index in [-0.39, 0.29) is 5.91 Å². The number of rotatable bonds is 3. The zero-order chi connectivity index (χ0) is 14.8. The maximum atomic E-state index is 12.4. The van der Waals surface area contributed by atoms with Crippen LogP contribution in [0.2, 0.25) is 0 Å². The van der Waals surface area contributed by atoms with E-state index in [2.05, 4.69) is 11.9 Å². The van der Waals surface area contributed by atoms with Gasteiger partial charge in [0.2, 0.25) is 5.91 Å². The molecule has 1 aliphatic rings. The first-order valence-electron chi connectivity index (χ1n) is 7.44. The highest BCUT2D eigenvalue weighted by molar-refractivity contribution is 7.15. The summed E-state index contributed by atoms with van der Waals surface area (Å²) in [7, 11) is 1.83. The summed E-state index contributed by atoms with van der Waals surface area (Å²) >= 11 is 1.68. The lowest BCUT2D eigenvalue weighted by atomic mass is 10.0. The molecule has 1 aromatic heterocycles. The summed E-state index contributed by atoms with van der Waals surface area (Å²) in [6, 6.07) is 8.14. The number of carbonyl (C=O) groups excluding carboxylic acids is 1. The number of carbonyl (C=O) groups is 1. The molecule has 1 amide bonds. The van der Waals surface area contributed by atoms with Gasteiger partial charge in [-0.15, -0.1) is 11.3 Å². The van der Waals surface area contributed by atoms with Crippen molar-refractivity contribution in [3.05, 3.63) is 46.0 Å². The first-order valence-corrected chi connectivity index (χ1v) is 8.26. The topological polar surface area (TPSA) is 33.2 Å². The van der Waals surface area contributed by atoms with Crippen LogP contribution in [-0.4, -0.2) is 17.9 Å². The Morgan fingerprint density at radius 3 is 2.67 bits per heavy atom. The van der Waals surface area contributed by atoms with Gasteiger partial charge in [0.05, 0.1) is 12.1 Å². The Hall–Kier alpha value is -1.68. The maximum Gasteiger partial charge on any atom is 0.232 e. The number of hydrogen-bond acceptors (Lipinski definition) is 3. The Morgan fingerprint density at radius 1 is 1.24 bits per heavy atom. The molecule has 1 aromatic carbocycles. The van der Waals surface area contributed by atoms with Crippen molar-refractivity contribution in [1.82, 2.24) is 4.98 Å². The van der Waals surface area contributed by atoms with Gasteiger partial charge in [0.1, 0.15) is 0 Å². The number of thiazole rings is 1. The molecule has 1 aliphatic carbocycles. The molecule has 0 bridgehead atoms. The molecule has 4 heteroatoms. The van der Waals surface area contributed by atoms with Gasteiger partial charge >= 0.3 is 0 Å². The molecule has 110 valence electrons. The van der Waals surface area contributed by atoms with Gasteiger partial charge in [0.15, 0.2) is 5.13 Å². The molecule has 0 unspecified atom stereocenters. The summed E-state index contributed by atoms with van der Waals surface area (Å²) in [4.78, 5) is 20.1. The van der Waals surface area contributed by atoms with E-state index < -0.39 is 0 Å². The molecular weight excluding hydrogens is 280 g/mol. The van der Waals surface area contributed by atoms with Crippen LogP contribution in [0.3, 0.4) is 0 Å². The van der Waals surface area contributed by atoms with Gasteiger partial charge in [0, 0.05) is 11.9 Å². The third-order valence-corrected chi connectivity index (χ3v) is 5.21. The standard InChI is InChI=1S/C17H20N2OS/c1-12-7-9-13(10-8-12)11-16(20)19(2)17-18-14-5-3-4-6-15(14)21-17/h7-10H,3-6,11H2,1-2H3. The Bertz CT molecular complexity index is 622. The van der Waals surface area contributed by atoms with Crippen LogP contribution < -0.4 is 4.90 Å². The molecule has 0 radical (unpaired) electrons. The van der Waals surface area contributed by atoms with Crippen molar-refractivity contribution in [2.45, 2.75) is 39.0 Å². The minimum atomic E-state index is 0.102. The third kappa shape index (κ3) is 3.16. The number of aromatic nitrogens is 1. The lowest BCUT2D eigenvalue weighted by Crippen LogP contribution is -2.27. The van der Waals surface area contributed by atoms with Gasteiger partial charge < -0.3 is 0 Å². The second kappa shape index (κ2) is 5.98. The molecule has 0 saturated carbocycles. The number of amides is 1. The summed E-state index contributed by atoms with van der Waals surface area (Å²) < 4.78 is 0. The molecule has 21 heavy (non-hydrogen) atoms. The quantitative estimate of drug-likeness (QED) is 0.868. The minimum Gasteiger partial charge on any atom is -0.291 e. The highest BCUT2D eigenvalue weighted by Gasteiger charge is 2.20. The minimum absolute atomic E-state index is 0.102. The molecule has 0 atom stereocenters. The van der Waals surface area contributed by atoms with Gasteiger partial charge in [-0.2, -0.15) is 0 Å². The second-order valence-corrected chi connectivity index (χ2v) is 6.75. The van der Waals surface area contributed by atoms with Crippen LogP contribution in [0.1, 0.15) is 34.5 Å². The molecule has 0 fully saturated rings. The summed E-state index contributed by atoms with van der Waals surface area (Å²) in [5, 5.41) is 0.846. The fourth-order valence-corrected chi connectivity index (χ4v) is 3.71. The van der Waals surface area contributed by atoms with Crippen LogP contribution in [0.25, 0.3) is 0 Å². The Labute approximate surface area is 129 Å². The number of likely N-dealkylation sites (N-methyl/N-ethyl adjacent to an activating group) is 1. The van der Waals surface area contributed by atoms with E-state index >= 15 is 0 Å². The van der Waals surface area contributed by atoms with E-state index in [4.69, 9.17) is 0 Å². The third-order valence-electron chi connectivity index (χ3n) is 3.97. The number of hydrogen-bond donors (Lipinski definition) is 0. The average Bonchev–Trinajstić information content (AvgIpc) is 2.92. The van der Waals surface area contributed by atoms with Crippen molar-refractivity contribution in [3.63, 3.8) is 0 Å². The predicted octanol–water partition coefficient (Wildman–Crippen LogP) is 3.54. The maximum absolute atomic E-state index is 12.4. The van der Waals surface area contributed by atoms with Crippen LogP contribution in [0.15, 0.2) is 24.3 Å². The zero-order valence-electron chi connectivity index (χ0n) is 12.6. The summed E-state index contributed by atoms with van der Waals surface area (Å²) in [5.74, 6) is 0.102. The monoisotopic (exact) mass is 300 g/mol. The van der Waals surface area contributed by atoms with Crippen LogP contribution in [-0.2, 0) is 24.1 Å². The first-order chi connectivity index (χ1) is 10.1. The molecule has 0 aliphatic heterocycles. The van der Waals surface area contributed by atoms with E-state index in [1.54, 1.807) is 16.2 Å². The van der Waals surface area contributed by atoms with E-state index in [1.165, 1.54) is 29.0 Å². The van der Waals surface area contributed by atoms with E-state index in [0.717, 1.165) is 23.5 Å². The van der Waals surface area contributed by atoms with Gasteiger partial charge in [0.25, 0.3) is 0 Å². The van der Waals surface area contributed by atoms with E-state index in [0.29, 0.717) is 6.42 Å². The van der Waals surface area contributed by atoms with Gasteiger partial charge in [-0.3, -0.25) is 9.69 Å². The fraction of sp³-hybridized carbons (Fsp3) is 0.412. The average molecular weight is 300 g/mol. The molecular formula is C17H20N2OS. The van der Waals surface area contributed by atoms with Gasteiger partial charge in [-0.25, -0.2) is 4.98 Å². The Morgan fingerprint density at radius 2 is 1.95 bits per heavy atom. The van der Waals surface area contributed by atoms with Crippen molar-refractivity contribution in [2.75, 3.05) is 11.9 Å². The highest BCUT2D eigenvalue weighted by atomic mass is 32.1. The highest BCUT2D eigenvalue weighted by Crippen LogP contribution is 2.31. The molecule has 0 N–H and O–H groups in total. The fourth-order valence-electron chi connectivity index (χ4n) is 2.59. The van der Waals surface area contributed by atoms with E-state index in [9.17, 15) is 4.79 Å². The lowest BCUT2D eigenvalue weighted by molar-refractivity contribution is -0.117. The second-order valence-electron chi connectivity index (χ2n) is 5.69. The molecule has 1 heterocycles. The molecule has 2 aromatic rings. The number of anilines is 1. The first kappa shape index (κ1) is 14.3. The Kier molecular flexibility index (Phi) is 4.06. The number of fused-ring (bicyclic) bond motifs is 1. The van der Waals surface area contributed by atoms with E-state index in [1.807, 2.05) is 31.3 Å². The van der Waals surface area contributed by atoms with Crippen molar-refractivity contribution in [3.8, 4) is 0 Å². The predicted molar refractivity (Wildman–Crippen MR) is 87.0 cm³/mol. The van der Waals surface area contributed by atoms with Gasteiger partial charge in [-0.1, -0.05) is 29.8 Å². The smallest absolute Gasteiger partial charge is 0.232 e. The van der Waals surface area contributed by atoms with Crippen LogP contribution in [0.5, 0.6) is 0 Å². The van der Waals surface area contributed by atoms with Crippen molar-refractivity contribution < 1.29 is 4.79 Å². The summed E-state index contributed by atoms with van der Waals surface area (Å²) in [6.07, 6.45) is 5.08. The zero-order valence-corrected chi connectivity index (χ0v) is 13.4. The molecule has 0 saturated heterocycles. The summed E-state index contributed by atoms with van der Waals surface area (Å²) in [6.45, 7) is 2.05. The number of aryl methyl sites for hydroxylation is 3. The van der Waals surface area contributed by atoms with Gasteiger partial charge in [-0.05, 0) is 38.2 Å². The van der Waals surface area contributed by atoms with Crippen molar-refractivity contribution in [1.29, 1.82) is 0 Å². The normalized spacial score (nSPS) is 13.8. The number of benzene rings is 1. The van der Waals surface area contributed by atoms with Crippen LogP contribution in [0.4, 0.5) is 5.13 Å². The number of nitrogens with zero attached hydrogens (tertiary/aromatic N) is 2. The van der Waals surface area contributed by atoms with Crippen molar-refractivity contribution in [2.24, 2.45) is 0 Å². The van der Waals surface area contributed by atoms with Crippen LogP contribution >= 0.6 is 11.3 Å². The SMILES string of the molecule is Cc1ccc(CC(=O)N(C)c2nc3c(s2)CCCC3)cc1. The molecule has 3 nitrogen and oxygen atoms in total. The Balaban J connectivity index is 1.72. The molecule has 3 rings (SSSR count).